The van der Waals surface area contributed by atoms with Gasteiger partial charge < -0.3 is 9.47 Å². The number of para-hydroxylation sites is 1. The fourth-order valence-corrected chi connectivity index (χ4v) is 1.90. The molecular formula is C15H13ClO3. The Labute approximate surface area is 116 Å². The molecule has 2 aromatic rings. The largest absolute Gasteiger partial charge is 0.496 e. The minimum atomic E-state index is 0.326. The van der Waals surface area contributed by atoms with Crippen LogP contribution in [0.15, 0.2) is 42.5 Å². The molecule has 0 N–H and O–H groups in total. The molecule has 2 aromatic carbocycles. The quantitative estimate of drug-likeness (QED) is 0.781. The Balaban J connectivity index is 2.16. The van der Waals surface area contributed by atoms with Crippen molar-refractivity contribution < 1.29 is 14.3 Å². The third-order valence-corrected chi connectivity index (χ3v) is 2.91. The summed E-state index contributed by atoms with van der Waals surface area (Å²) in [5, 5.41) is 0.506. The van der Waals surface area contributed by atoms with Crippen LogP contribution in [0.1, 0.15) is 15.9 Å². The average Bonchev–Trinajstić information content (AvgIpc) is 2.46. The summed E-state index contributed by atoms with van der Waals surface area (Å²) < 4.78 is 10.9. The molecule has 0 bridgehead atoms. The number of rotatable bonds is 5. The predicted molar refractivity (Wildman–Crippen MR) is 74.2 cm³/mol. The number of methoxy groups -OCH3 is 1. The second-order valence-corrected chi connectivity index (χ2v) is 4.34. The van der Waals surface area contributed by atoms with Crippen molar-refractivity contribution in [1.82, 2.24) is 0 Å². The summed E-state index contributed by atoms with van der Waals surface area (Å²) in [6, 6.07) is 12.5. The number of halogens is 1. The molecule has 0 saturated carbocycles. The molecule has 98 valence electrons. The third kappa shape index (κ3) is 3.26. The molecule has 0 amide bonds. The SMILES string of the molecule is COc1ccccc1COc1ccc(Cl)cc1C=O. The predicted octanol–water partition coefficient (Wildman–Crippen LogP) is 3.74. The first-order chi connectivity index (χ1) is 9.24. The molecule has 3 nitrogen and oxygen atoms in total. The van der Waals surface area contributed by atoms with Crippen LogP contribution in [0.3, 0.4) is 0 Å². The third-order valence-electron chi connectivity index (χ3n) is 2.67. The van der Waals surface area contributed by atoms with Crippen molar-refractivity contribution in [3.8, 4) is 11.5 Å². The number of aldehydes is 1. The fourth-order valence-electron chi connectivity index (χ4n) is 1.72. The maximum atomic E-state index is 11.0. The maximum Gasteiger partial charge on any atom is 0.153 e. The van der Waals surface area contributed by atoms with Crippen LogP contribution in [0.2, 0.25) is 5.02 Å². The smallest absolute Gasteiger partial charge is 0.153 e. The summed E-state index contributed by atoms with van der Waals surface area (Å²) in [4.78, 5) is 11.0. The number of carbonyl (C=O) groups excluding carboxylic acids is 1. The van der Waals surface area contributed by atoms with E-state index < -0.39 is 0 Å². The van der Waals surface area contributed by atoms with Crippen LogP contribution in [-0.2, 0) is 6.61 Å². The molecule has 0 unspecified atom stereocenters. The van der Waals surface area contributed by atoms with Gasteiger partial charge in [0.15, 0.2) is 6.29 Å². The molecule has 0 saturated heterocycles. The Kier molecular flexibility index (Phi) is 4.42. The number of benzene rings is 2. The molecule has 0 heterocycles. The van der Waals surface area contributed by atoms with E-state index in [0.717, 1.165) is 17.6 Å². The molecule has 0 aromatic heterocycles. The molecule has 0 fully saturated rings. The summed E-state index contributed by atoms with van der Waals surface area (Å²) in [5.41, 5.74) is 1.35. The van der Waals surface area contributed by atoms with Crippen molar-refractivity contribution >= 4 is 17.9 Å². The Morgan fingerprint density at radius 3 is 2.68 bits per heavy atom. The summed E-state index contributed by atoms with van der Waals surface area (Å²) in [5.74, 6) is 1.26. The lowest BCUT2D eigenvalue weighted by Crippen LogP contribution is -2.00. The van der Waals surface area contributed by atoms with Crippen molar-refractivity contribution in [3.63, 3.8) is 0 Å². The molecule has 0 spiro atoms. The van der Waals surface area contributed by atoms with Crippen LogP contribution in [0.25, 0.3) is 0 Å². The highest BCUT2D eigenvalue weighted by atomic mass is 35.5. The standard InChI is InChI=1S/C15H13ClO3/c1-18-14-5-3-2-4-11(14)10-19-15-7-6-13(16)8-12(15)9-17/h2-9H,10H2,1H3. The normalized spacial score (nSPS) is 10.0. The number of carbonyl (C=O) groups is 1. The van der Waals surface area contributed by atoms with E-state index in [0.29, 0.717) is 22.9 Å². The maximum absolute atomic E-state index is 11.0. The van der Waals surface area contributed by atoms with Gasteiger partial charge in [-0.2, -0.15) is 0 Å². The summed E-state index contributed by atoms with van der Waals surface area (Å²) in [7, 11) is 1.61. The summed E-state index contributed by atoms with van der Waals surface area (Å²) >= 11 is 5.83. The van der Waals surface area contributed by atoms with Crippen LogP contribution >= 0.6 is 11.6 Å². The van der Waals surface area contributed by atoms with Gasteiger partial charge in [-0.3, -0.25) is 4.79 Å². The highest BCUT2D eigenvalue weighted by molar-refractivity contribution is 6.30. The van der Waals surface area contributed by atoms with E-state index in [-0.39, 0.29) is 0 Å². The van der Waals surface area contributed by atoms with Crippen molar-refractivity contribution in [1.29, 1.82) is 0 Å². The zero-order valence-corrected chi connectivity index (χ0v) is 11.2. The van der Waals surface area contributed by atoms with Crippen molar-refractivity contribution in [2.75, 3.05) is 7.11 Å². The van der Waals surface area contributed by atoms with Gasteiger partial charge in [0.2, 0.25) is 0 Å². The molecule has 4 heteroatoms. The van der Waals surface area contributed by atoms with Crippen molar-refractivity contribution in [2.45, 2.75) is 6.61 Å². The Morgan fingerprint density at radius 2 is 1.95 bits per heavy atom. The van der Waals surface area contributed by atoms with E-state index in [9.17, 15) is 4.79 Å². The topological polar surface area (TPSA) is 35.5 Å². The zero-order valence-electron chi connectivity index (χ0n) is 10.4. The van der Waals surface area contributed by atoms with E-state index in [1.165, 1.54) is 0 Å². The van der Waals surface area contributed by atoms with Crippen LogP contribution < -0.4 is 9.47 Å². The number of hydrogen-bond acceptors (Lipinski definition) is 3. The molecule has 19 heavy (non-hydrogen) atoms. The lowest BCUT2D eigenvalue weighted by Gasteiger charge is -2.11. The van der Waals surface area contributed by atoms with E-state index in [1.54, 1.807) is 25.3 Å². The van der Waals surface area contributed by atoms with Crippen molar-refractivity contribution in [2.24, 2.45) is 0 Å². The molecule has 0 radical (unpaired) electrons. The van der Waals surface area contributed by atoms with Crippen LogP contribution in [0, 0.1) is 0 Å². The van der Waals surface area contributed by atoms with Crippen LogP contribution in [0.5, 0.6) is 11.5 Å². The van der Waals surface area contributed by atoms with Gasteiger partial charge in [-0.25, -0.2) is 0 Å². The van der Waals surface area contributed by atoms with Gasteiger partial charge in [0, 0.05) is 10.6 Å². The van der Waals surface area contributed by atoms with E-state index in [1.807, 2.05) is 24.3 Å². The van der Waals surface area contributed by atoms with E-state index in [2.05, 4.69) is 0 Å². The first kappa shape index (κ1) is 13.4. The number of ether oxygens (including phenoxy) is 2. The molecular weight excluding hydrogens is 264 g/mol. The monoisotopic (exact) mass is 276 g/mol. The van der Waals surface area contributed by atoms with Gasteiger partial charge in [-0.1, -0.05) is 29.8 Å². The molecule has 0 aliphatic carbocycles. The Bertz CT molecular complexity index is 581. The Hall–Kier alpha value is -2.00. The lowest BCUT2D eigenvalue weighted by molar-refractivity contribution is 0.111. The van der Waals surface area contributed by atoms with Gasteiger partial charge in [0.1, 0.15) is 18.1 Å². The average molecular weight is 277 g/mol. The van der Waals surface area contributed by atoms with Gasteiger partial charge in [-0.15, -0.1) is 0 Å². The van der Waals surface area contributed by atoms with Gasteiger partial charge in [-0.05, 0) is 24.3 Å². The summed E-state index contributed by atoms with van der Waals surface area (Å²) in [6.07, 6.45) is 0.726. The highest BCUT2D eigenvalue weighted by Crippen LogP contribution is 2.24. The second-order valence-electron chi connectivity index (χ2n) is 3.90. The Morgan fingerprint density at radius 1 is 1.16 bits per heavy atom. The lowest BCUT2D eigenvalue weighted by atomic mass is 10.2. The van der Waals surface area contributed by atoms with Gasteiger partial charge in [0.05, 0.1) is 12.7 Å². The minimum absolute atomic E-state index is 0.326. The molecule has 2 rings (SSSR count). The molecule has 0 atom stereocenters. The zero-order chi connectivity index (χ0) is 13.7. The first-order valence-corrected chi connectivity index (χ1v) is 6.12. The van der Waals surface area contributed by atoms with E-state index in [4.69, 9.17) is 21.1 Å². The van der Waals surface area contributed by atoms with Gasteiger partial charge >= 0.3 is 0 Å². The van der Waals surface area contributed by atoms with Crippen LogP contribution in [-0.4, -0.2) is 13.4 Å². The molecule has 0 aliphatic rings. The molecule has 0 aliphatic heterocycles. The van der Waals surface area contributed by atoms with Gasteiger partial charge in [0.25, 0.3) is 0 Å². The second kappa shape index (κ2) is 6.25. The van der Waals surface area contributed by atoms with E-state index >= 15 is 0 Å². The van der Waals surface area contributed by atoms with Crippen LogP contribution in [0.4, 0.5) is 0 Å². The minimum Gasteiger partial charge on any atom is -0.496 e. The first-order valence-electron chi connectivity index (χ1n) is 5.74. The number of hydrogen-bond donors (Lipinski definition) is 0. The fraction of sp³-hybridized carbons (Fsp3) is 0.133. The van der Waals surface area contributed by atoms with Crippen molar-refractivity contribution in [3.05, 3.63) is 58.6 Å². The highest BCUT2D eigenvalue weighted by Gasteiger charge is 2.06. The summed E-state index contributed by atoms with van der Waals surface area (Å²) in [6.45, 7) is 0.326.